The number of rotatable bonds is 12. The molecular weight excluding hydrogens is 759 g/mol. The Bertz CT molecular complexity index is 2360. The van der Waals surface area contributed by atoms with Gasteiger partial charge in [-0.25, -0.2) is 4.98 Å². The number of aromatic nitrogens is 1. The molecule has 6 amide bonds. The second kappa shape index (κ2) is 15.4. The summed E-state index contributed by atoms with van der Waals surface area (Å²) in [6.45, 7) is 6.47. The number of amides is 6. The summed E-state index contributed by atoms with van der Waals surface area (Å²) >= 11 is 1.42. The zero-order valence-electron chi connectivity index (χ0n) is 32.8. The molecule has 1 aliphatic carbocycles. The highest BCUT2D eigenvalue weighted by molar-refractivity contribution is 7.16. The lowest BCUT2D eigenvalue weighted by atomic mass is 9.58. The first-order valence-corrected chi connectivity index (χ1v) is 20.2. The van der Waals surface area contributed by atoms with Crippen LogP contribution in [0, 0.1) is 25.2 Å². The lowest BCUT2D eigenvalue weighted by Crippen LogP contribution is -2.63. The third-order valence-corrected chi connectivity index (χ3v) is 12.2. The summed E-state index contributed by atoms with van der Waals surface area (Å²) in [6.07, 6.45) is 2.41. The van der Waals surface area contributed by atoms with Gasteiger partial charge in [-0.05, 0) is 107 Å². The van der Waals surface area contributed by atoms with Crippen molar-refractivity contribution in [2.24, 2.45) is 11.3 Å². The van der Waals surface area contributed by atoms with Crippen molar-refractivity contribution in [3.63, 3.8) is 0 Å². The van der Waals surface area contributed by atoms with Crippen molar-refractivity contribution in [3.05, 3.63) is 87.8 Å². The molecule has 0 radical (unpaired) electrons. The minimum absolute atomic E-state index is 0.0813. The van der Waals surface area contributed by atoms with Gasteiger partial charge >= 0.3 is 0 Å². The molecule has 1 unspecified atom stereocenters. The number of fused-ring (bicyclic) bond motifs is 1. The maximum Gasteiger partial charge on any atom is 0.262 e. The summed E-state index contributed by atoms with van der Waals surface area (Å²) in [6, 6.07) is 17.7. The topological polar surface area (TPSA) is 170 Å². The first-order valence-electron chi connectivity index (χ1n) is 19.4. The third-order valence-electron chi connectivity index (χ3n) is 11.3. The molecule has 4 aromatic rings. The summed E-state index contributed by atoms with van der Waals surface area (Å²) in [5.41, 5.74) is 5.82. The van der Waals surface area contributed by atoms with Crippen LogP contribution in [0.3, 0.4) is 0 Å². The van der Waals surface area contributed by atoms with Crippen molar-refractivity contribution >= 4 is 63.3 Å². The van der Waals surface area contributed by atoms with Crippen LogP contribution in [0.5, 0.6) is 5.75 Å². The number of hydrogen-bond acceptors (Lipinski definition) is 11. The normalized spacial score (nSPS) is 18.5. The van der Waals surface area contributed by atoms with Gasteiger partial charge in [0.15, 0.2) is 5.13 Å². The molecule has 1 atom stereocenters. The van der Waals surface area contributed by atoms with Gasteiger partial charge in [-0.2, -0.15) is 0 Å². The Balaban J connectivity index is 0.794. The van der Waals surface area contributed by atoms with Crippen LogP contribution in [-0.2, 0) is 25.6 Å². The number of thiazole rings is 1. The summed E-state index contributed by atoms with van der Waals surface area (Å²) < 4.78 is 6.19. The molecule has 0 bridgehead atoms. The predicted octanol–water partition coefficient (Wildman–Crippen LogP) is 4.80. The second-order valence-electron chi connectivity index (χ2n) is 16.2. The fourth-order valence-corrected chi connectivity index (χ4v) is 9.45. The fraction of sp³-hybridized carbons (Fsp3) is 0.372. The highest BCUT2D eigenvalue weighted by Crippen LogP contribution is 2.53. The molecule has 4 aliphatic rings. The summed E-state index contributed by atoms with van der Waals surface area (Å²) in [7, 11) is 3.69. The number of anilines is 3. The van der Waals surface area contributed by atoms with Gasteiger partial charge in [-0.15, -0.1) is 11.3 Å². The summed E-state index contributed by atoms with van der Waals surface area (Å²) in [4.78, 5) is 86.4. The van der Waals surface area contributed by atoms with Crippen molar-refractivity contribution in [1.82, 2.24) is 20.1 Å². The zero-order valence-corrected chi connectivity index (χ0v) is 33.7. The molecule has 14 nitrogen and oxygen atoms in total. The molecule has 3 fully saturated rings. The van der Waals surface area contributed by atoms with Crippen molar-refractivity contribution in [2.75, 3.05) is 55.9 Å². The average Bonchev–Trinajstić information content (AvgIpc) is 3.61. The summed E-state index contributed by atoms with van der Waals surface area (Å²) in [5, 5.41) is 8.66. The Labute approximate surface area is 339 Å². The van der Waals surface area contributed by atoms with Gasteiger partial charge in [0.2, 0.25) is 23.6 Å². The van der Waals surface area contributed by atoms with Crippen molar-refractivity contribution < 1.29 is 33.5 Å². The van der Waals surface area contributed by atoms with Gasteiger partial charge in [-0.3, -0.25) is 39.0 Å². The van der Waals surface area contributed by atoms with E-state index in [1.165, 1.54) is 11.3 Å². The number of nitrogens with one attached hydrogen (secondary N) is 3. The highest BCUT2D eigenvalue weighted by Gasteiger charge is 2.53. The molecule has 3 aromatic carbocycles. The van der Waals surface area contributed by atoms with Crippen LogP contribution in [0.2, 0.25) is 0 Å². The van der Waals surface area contributed by atoms with Crippen LogP contribution in [0.15, 0.2) is 60.7 Å². The Morgan fingerprint density at radius 2 is 1.72 bits per heavy atom. The number of carbonyl (C=O) groups excluding carboxylic acids is 6. The molecule has 1 saturated carbocycles. The molecular formula is C43H45N7O7S. The third kappa shape index (κ3) is 7.83. The number of ether oxygens (including phenoxy) is 1. The number of imide groups is 2. The summed E-state index contributed by atoms with van der Waals surface area (Å²) in [5.74, 6) is -1.16. The Kier molecular flexibility index (Phi) is 10.4. The van der Waals surface area contributed by atoms with E-state index in [4.69, 9.17) is 9.72 Å². The van der Waals surface area contributed by atoms with E-state index in [-0.39, 0.29) is 47.6 Å². The quantitative estimate of drug-likeness (QED) is 0.169. The standard InChI is InChI=1S/C43H45N7O7S/c1-24-14-28(8-11-33(24)44-37(53)20-48(3)4)38-25(2)58-42(47-38)46-36(52)16-26-6-5-7-30(15-26)57-21-27-18-43(19-27)22-49(23-43)29-9-10-31-32(17-29)41(56)50(40(31)55)34-12-13-35(51)45-39(34)54/h5-11,14-15,17,27,34H,12-13,16,18-23H2,1-4H3,(H,44,53)(H,45,51,54)(H,46,47,52). The number of piperidine rings is 1. The minimum atomic E-state index is -0.984. The van der Waals surface area contributed by atoms with Crippen molar-refractivity contribution in [2.45, 2.75) is 52.0 Å². The van der Waals surface area contributed by atoms with Crippen LogP contribution in [-0.4, -0.2) is 96.6 Å². The Morgan fingerprint density at radius 1 is 0.948 bits per heavy atom. The molecule has 2 saturated heterocycles. The zero-order chi connectivity index (χ0) is 40.9. The van der Waals surface area contributed by atoms with Gasteiger partial charge in [0, 0.05) is 46.7 Å². The lowest BCUT2D eigenvalue weighted by Gasteiger charge is -2.60. The van der Waals surface area contributed by atoms with E-state index in [2.05, 4.69) is 20.9 Å². The average molecular weight is 804 g/mol. The molecule has 300 valence electrons. The molecule has 1 spiro atoms. The smallest absolute Gasteiger partial charge is 0.262 e. The number of nitrogens with zero attached hydrogens (tertiary/aromatic N) is 4. The van der Waals surface area contributed by atoms with E-state index >= 15 is 0 Å². The van der Waals surface area contributed by atoms with E-state index in [9.17, 15) is 28.8 Å². The van der Waals surface area contributed by atoms with Crippen LogP contribution in [0.4, 0.5) is 16.5 Å². The number of aryl methyl sites for hydroxylation is 2. The molecule has 15 heteroatoms. The van der Waals surface area contributed by atoms with Gasteiger partial charge in [0.1, 0.15) is 11.8 Å². The fourth-order valence-electron chi connectivity index (χ4n) is 8.60. The monoisotopic (exact) mass is 803 g/mol. The number of likely N-dealkylation sites (N-methyl/N-ethyl adjacent to an activating group) is 1. The predicted molar refractivity (Wildman–Crippen MR) is 219 cm³/mol. The van der Waals surface area contributed by atoms with E-state index in [1.807, 2.05) is 81.4 Å². The molecule has 1 aromatic heterocycles. The van der Waals surface area contributed by atoms with Crippen LogP contribution >= 0.6 is 11.3 Å². The maximum atomic E-state index is 13.3. The first kappa shape index (κ1) is 38.9. The van der Waals surface area contributed by atoms with Crippen LogP contribution in [0.1, 0.15) is 62.4 Å². The minimum Gasteiger partial charge on any atom is -0.493 e. The molecule has 58 heavy (non-hydrogen) atoms. The molecule has 8 rings (SSSR count). The largest absolute Gasteiger partial charge is 0.493 e. The Hall–Kier alpha value is -5.93. The van der Waals surface area contributed by atoms with Crippen LogP contribution in [0.25, 0.3) is 11.3 Å². The first-order chi connectivity index (χ1) is 27.7. The van der Waals surface area contributed by atoms with Gasteiger partial charge in [-0.1, -0.05) is 18.2 Å². The van der Waals surface area contributed by atoms with Crippen molar-refractivity contribution in [3.8, 4) is 17.0 Å². The molecule has 4 heterocycles. The van der Waals surface area contributed by atoms with Crippen LogP contribution < -0.4 is 25.6 Å². The van der Waals surface area contributed by atoms with E-state index < -0.39 is 29.7 Å². The highest BCUT2D eigenvalue weighted by atomic mass is 32.1. The maximum absolute atomic E-state index is 13.3. The SMILES string of the molecule is Cc1cc(-c2nc(NC(=O)Cc3cccc(OCC4CC5(C4)CN(c4ccc6c(c4)C(=O)N(C4CCC(=O)NC4=O)C6=O)C5)c3)sc2C)ccc1NC(=O)CN(C)C. The number of benzene rings is 3. The second-order valence-corrected chi connectivity index (χ2v) is 17.4. The van der Waals surface area contributed by atoms with E-state index in [0.717, 1.165) is 69.5 Å². The lowest BCUT2D eigenvalue weighted by molar-refractivity contribution is -0.136. The van der Waals surface area contributed by atoms with E-state index in [0.29, 0.717) is 30.0 Å². The van der Waals surface area contributed by atoms with Gasteiger partial charge < -0.3 is 25.2 Å². The van der Waals surface area contributed by atoms with Crippen molar-refractivity contribution in [1.29, 1.82) is 0 Å². The van der Waals surface area contributed by atoms with Gasteiger partial charge in [0.05, 0.1) is 36.4 Å². The van der Waals surface area contributed by atoms with E-state index in [1.54, 1.807) is 12.1 Å². The Morgan fingerprint density at radius 3 is 2.47 bits per heavy atom. The molecule has 3 aliphatic heterocycles. The number of carbonyl (C=O) groups is 6. The molecule has 3 N–H and O–H groups in total. The van der Waals surface area contributed by atoms with Gasteiger partial charge in [0.25, 0.3) is 11.8 Å². The number of hydrogen-bond donors (Lipinski definition) is 3.